The van der Waals surface area contributed by atoms with Crippen molar-refractivity contribution < 1.29 is 4.74 Å². The van der Waals surface area contributed by atoms with Crippen LogP contribution in [-0.2, 0) is 0 Å². The van der Waals surface area contributed by atoms with Crippen LogP contribution in [0, 0.1) is 0 Å². The van der Waals surface area contributed by atoms with E-state index in [1.54, 1.807) is 0 Å². The van der Waals surface area contributed by atoms with Crippen molar-refractivity contribution in [2.45, 2.75) is 6.92 Å². The van der Waals surface area contributed by atoms with Gasteiger partial charge in [-0.05, 0) is 19.1 Å². The first-order valence-electron chi connectivity index (χ1n) is 3.44. The number of hydrogen-bond acceptors (Lipinski definition) is 3. The van der Waals surface area contributed by atoms with Crippen molar-refractivity contribution in [3.8, 4) is 5.75 Å². The highest BCUT2D eigenvalue weighted by Crippen LogP contribution is 2.06. The monoisotopic (exact) mass is 190 g/mol. The summed E-state index contributed by atoms with van der Waals surface area (Å²) >= 11 is 0. The van der Waals surface area contributed by atoms with Gasteiger partial charge in [0.1, 0.15) is 5.75 Å². The van der Waals surface area contributed by atoms with Gasteiger partial charge in [0.05, 0.1) is 6.61 Å². The maximum Gasteiger partial charge on any atom is 0.119 e. The summed E-state index contributed by atoms with van der Waals surface area (Å²) in [6.45, 7) is 2.72. The second-order valence-corrected chi connectivity index (χ2v) is 1.75. The number of para-hydroxylation sites is 1. The lowest BCUT2D eigenvalue weighted by Gasteiger charge is -1.99. The predicted octanol–water partition coefficient (Wildman–Crippen LogP) is 1.33. The van der Waals surface area contributed by atoms with Crippen molar-refractivity contribution >= 4 is 12.4 Å². The number of halogens is 1. The van der Waals surface area contributed by atoms with Crippen molar-refractivity contribution in [2.75, 3.05) is 6.61 Å². The van der Waals surface area contributed by atoms with Crippen molar-refractivity contribution in [2.24, 2.45) is 11.7 Å². The van der Waals surface area contributed by atoms with Crippen LogP contribution in [0.2, 0.25) is 0 Å². The predicted molar refractivity (Wildman–Crippen MR) is 53.2 cm³/mol. The minimum absolute atomic E-state index is 0. The van der Waals surface area contributed by atoms with Gasteiger partial charge in [0.2, 0.25) is 0 Å². The molecule has 0 aromatic heterocycles. The molecular formula is C8H15ClN2O. The van der Waals surface area contributed by atoms with Gasteiger partial charge in [-0.25, -0.2) is 0 Å². The fraction of sp³-hybridized carbons (Fsp3) is 0.250. The van der Waals surface area contributed by atoms with Crippen molar-refractivity contribution in [3.05, 3.63) is 30.3 Å². The summed E-state index contributed by atoms with van der Waals surface area (Å²) in [6.07, 6.45) is 0. The molecule has 3 nitrogen and oxygen atoms in total. The molecular weight excluding hydrogens is 176 g/mol. The number of ether oxygens (including phenoxy) is 1. The molecule has 0 fully saturated rings. The zero-order valence-corrected chi connectivity index (χ0v) is 7.88. The van der Waals surface area contributed by atoms with Crippen molar-refractivity contribution in [1.29, 1.82) is 0 Å². The molecule has 0 saturated heterocycles. The van der Waals surface area contributed by atoms with Crippen molar-refractivity contribution in [3.63, 3.8) is 0 Å². The van der Waals surface area contributed by atoms with E-state index < -0.39 is 0 Å². The Morgan fingerprint density at radius 1 is 1.17 bits per heavy atom. The van der Waals surface area contributed by atoms with Crippen LogP contribution in [0.4, 0.5) is 0 Å². The summed E-state index contributed by atoms with van der Waals surface area (Å²) < 4.78 is 5.21. The first-order chi connectivity index (χ1) is 5.43. The fourth-order valence-electron chi connectivity index (χ4n) is 0.683. The molecule has 0 radical (unpaired) electrons. The lowest BCUT2D eigenvalue weighted by Crippen LogP contribution is -2.02. The third kappa shape index (κ3) is 5.97. The molecule has 0 spiro atoms. The van der Waals surface area contributed by atoms with Gasteiger partial charge in [-0.15, -0.1) is 12.4 Å². The maximum absolute atomic E-state index is 5.21. The number of hydrazine groups is 1. The fourth-order valence-corrected chi connectivity index (χ4v) is 0.683. The quantitative estimate of drug-likeness (QED) is 0.547. The van der Waals surface area contributed by atoms with Crippen LogP contribution in [0.3, 0.4) is 0 Å². The normalized spacial score (nSPS) is 7.25. The number of nitrogens with two attached hydrogens (primary N) is 2. The van der Waals surface area contributed by atoms with Crippen LogP contribution in [0.25, 0.3) is 0 Å². The summed E-state index contributed by atoms with van der Waals surface area (Å²) in [4.78, 5) is 0. The molecule has 4 N–H and O–H groups in total. The molecule has 0 atom stereocenters. The van der Waals surface area contributed by atoms with E-state index in [9.17, 15) is 0 Å². The molecule has 0 aliphatic heterocycles. The largest absolute Gasteiger partial charge is 0.494 e. The second-order valence-electron chi connectivity index (χ2n) is 1.75. The van der Waals surface area contributed by atoms with Gasteiger partial charge in [0, 0.05) is 0 Å². The standard InChI is InChI=1S/C8H10O.ClH.H4N2/c1-2-9-8-6-4-3-5-7-8;;1-2/h3-7H,2H2,1H3;1H;1-2H2. The minimum atomic E-state index is 0. The zero-order valence-electron chi connectivity index (χ0n) is 7.07. The van der Waals surface area contributed by atoms with Gasteiger partial charge < -0.3 is 4.74 Å². The first-order valence-corrected chi connectivity index (χ1v) is 3.44. The number of benzene rings is 1. The van der Waals surface area contributed by atoms with E-state index in [-0.39, 0.29) is 12.4 Å². The Bertz CT molecular complexity index is 170. The molecule has 0 bridgehead atoms. The average molecular weight is 191 g/mol. The molecule has 70 valence electrons. The van der Waals surface area contributed by atoms with Gasteiger partial charge in [-0.2, -0.15) is 0 Å². The summed E-state index contributed by atoms with van der Waals surface area (Å²) in [7, 11) is 0. The lowest BCUT2D eigenvalue weighted by atomic mass is 10.3. The smallest absolute Gasteiger partial charge is 0.119 e. The van der Waals surface area contributed by atoms with E-state index >= 15 is 0 Å². The number of hydrogen-bond donors (Lipinski definition) is 2. The Kier molecular flexibility index (Phi) is 11.8. The van der Waals surface area contributed by atoms with E-state index in [1.165, 1.54) is 0 Å². The van der Waals surface area contributed by atoms with E-state index in [4.69, 9.17) is 4.74 Å². The van der Waals surface area contributed by atoms with Gasteiger partial charge in [-0.3, -0.25) is 11.7 Å². The van der Waals surface area contributed by atoms with Gasteiger partial charge in [-0.1, -0.05) is 18.2 Å². The highest BCUT2D eigenvalue weighted by Gasteiger charge is 1.83. The lowest BCUT2D eigenvalue weighted by molar-refractivity contribution is 0.340. The summed E-state index contributed by atoms with van der Waals surface area (Å²) in [5.41, 5.74) is 0. The SMILES string of the molecule is CCOc1ccccc1.Cl.NN. The van der Waals surface area contributed by atoms with Crippen LogP contribution < -0.4 is 16.4 Å². The minimum Gasteiger partial charge on any atom is -0.494 e. The highest BCUT2D eigenvalue weighted by atomic mass is 35.5. The molecule has 0 saturated carbocycles. The summed E-state index contributed by atoms with van der Waals surface area (Å²) in [6, 6.07) is 9.80. The summed E-state index contributed by atoms with van der Waals surface area (Å²) in [5.74, 6) is 8.94. The highest BCUT2D eigenvalue weighted by molar-refractivity contribution is 5.85. The molecule has 12 heavy (non-hydrogen) atoms. The van der Waals surface area contributed by atoms with Crippen molar-refractivity contribution in [1.82, 2.24) is 0 Å². The van der Waals surface area contributed by atoms with Crippen LogP contribution in [-0.4, -0.2) is 6.61 Å². The molecule has 0 amide bonds. The molecule has 1 rings (SSSR count). The molecule has 0 aliphatic carbocycles. The molecule has 0 aliphatic rings. The van der Waals surface area contributed by atoms with Crippen LogP contribution >= 0.6 is 12.4 Å². The average Bonchev–Trinajstić information content (AvgIpc) is 2.11. The maximum atomic E-state index is 5.21. The van der Waals surface area contributed by atoms with E-state index in [1.807, 2.05) is 37.3 Å². The Morgan fingerprint density at radius 3 is 2.08 bits per heavy atom. The third-order valence-electron chi connectivity index (χ3n) is 1.05. The Morgan fingerprint density at radius 2 is 1.67 bits per heavy atom. The Balaban J connectivity index is 0. The summed E-state index contributed by atoms with van der Waals surface area (Å²) in [5, 5.41) is 0. The zero-order chi connectivity index (χ0) is 8.53. The van der Waals surface area contributed by atoms with Crippen LogP contribution in [0.5, 0.6) is 5.75 Å². The molecule has 1 aromatic carbocycles. The molecule has 4 heteroatoms. The Hall–Kier alpha value is -0.770. The van der Waals surface area contributed by atoms with E-state index in [2.05, 4.69) is 11.7 Å². The van der Waals surface area contributed by atoms with Crippen LogP contribution in [0.1, 0.15) is 6.92 Å². The number of rotatable bonds is 2. The Labute approximate surface area is 79.1 Å². The molecule has 0 unspecified atom stereocenters. The topological polar surface area (TPSA) is 61.3 Å². The van der Waals surface area contributed by atoms with Gasteiger partial charge >= 0.3 is 0 Å². The molecule has 0 heterocycles. The van der Waals surface area contributed by atoms with E-state index in [0.717, 1.165) is 12.4 Å². The second kappa shape index (κ2) is 10.2. The van der Waals surface area contributed by atoms with E-state index in [0.29, 0.717) is 0 Å². The van der Waals surface area contributed by atoms with Gasteiger partial charge in [0.15, 0.2) is 0 Å². The molecule has 1 aromatic rings. The first kappa shape index (κ1) is 13.8. The van der Waals surface area contributed by atoms with Crippen LogP contribution in [0.15, 0.2) is 30.3 Å². The van der Waals surface area contributed by atoms with Gasteiger partial charge in [0.25, 0.3) is 0 Å². The third-order valence-corrected chi connectivity index (χ3v) is 1.05.